The van der Waals surface area contributed by atoms with E-state index >= 15 is 0 Å². The van der Waals surface area contributed by atoms with Crippen LogP contribution in [-0.4, -0.2) is 43.5 Å². The second kappa shape index (κ2) is 12.6. The van der Waals surface area contributed by atoms with Gasteiger partial charge < -0.3 is 14.4 Å². The molecule has 226 valence electrons. The third-order valence-electron chi connectivity index (χ3n) is 7.49. The third kappa shape index (κ3) is 6.58. The molecule has 3 aromatic carbocycles. The molecule has 4 aromatic rings. The SMILES string of the molecule is CCOc1cc(C(C(=O)N2CCCC2c2cccc(S(N)(=O)=O)c2)N(N)c2ccc3cnccc3c2)ccc1OC(C)C. The normalized spacial score (nSPS) is 16.0. The van der Waals surface area contributed by atoms with Crippen LogP contribution in [0.4, 0.5) is 5.69 Å². The maximum absolute atomic E-state index is 14.6. The van der Waals surface area contributed by atoms with Gasteiger partial charge in [0.15, 0.2) is 11.5 Å². The highest BCUT2D eigenvalue weighted by Crippen LogP contribution is 2.39. The predicted octanol–water partition coefficient (Wildman–Crippen LogP) is 4.85. The van der Waals surface area contributed by atoms with Crippen LogP contribution in [0.1, 0.15) is 56.8 Å². The molecule has 0 saturated carbocycles. The van der Waals surface area contributed by atoms with Crippen LogP contribution in [0.5, 0.6) is 11.5 Å². The van der Waals surface area contributed by atoms with Crippen LogP contribution in [0.3, 0.4) is 0 Å². The lowest BCUT2D eigenvalue weighted by Crippen LogP contribution is -2.46. The van der Waals surface area contributed by atoms with Crippen LogP contribution >= 0.6 is 0 Å². The van der Waals surface area contributed by atoms with Crippen molar-refractivity contribution in [2.24, 2.45) is 11.0 Å². The molecule has 0 bridgehead atoms. The van der Waals surface area contributed by atoms with Gasteiger partial charge in [-0.15, -0.1) is 0 Å². The Morgan fingerprint density at radius 2 is 1.88 bits per heavy atom. The Bertz CT molecular complexity index is 1730. The molecule has 0 radical (unpaired) electrons. The lowest BCUT2D eigenvalue weighted by molar-refractivity contribution is -0.133. The van der Waals surface area contributed by atoms with E-state index < -0.39 is 16.1 Å². The van der Waals surface area contributed by atoms with Crippen molar-refractivity contribution < 1.29 is 22.7 Å². The number of anilines is 1. The van der Waals surface area contributed by atoms with Crippen LogP contribution in [0.2, 0.25) is 0 Å². The van der Waals surface area contributed by atoms with E-state index in [1.165, 1.54) is 11.1 Å². The zero-order chi connectivity index (χ0) is 30.7. The van der Waals surface area contributed by atoms with E-state index in [2.05, 4.69) is 4.98 Å². The van der Waals surface area contributed by atoms with Gasteiger partial charge in [-0.05, 0) is 92.6 Å². The van der Waals surface area contributed by atoms with E-state index in [0.717, 1.165) is 17.2 Å². The fraction of sp³-hybridized carbons (Fsp3) is 0.312. The standard InChI is InChI=1S/C32H37N5O5S/c1-4-41-30-19-24(11-13-29(30)42-21(2)3)31(37(33)26-12-10-25-20-35-15-14-22(25)17-26)32(38)36-16-6-9-28(36)23-7-5-8-27(18-23)43(34,39)40/h5,7-8,10-15,17-21,28,31H,4,6,9,16,33H2,1-3H3,(H2,34,39,40). The van der Waals surface area contributed by atoms with Gasteiger partial charge in [0, 0.05) is 24.3 Å². The molecule has 1 aliphatic heterocycles. The summed E-state index contributed by atoms with van der Waals surface area (Å²) in [4.78, 5) is 20.6. The second-order valence-electron chi connectivity index (χ2n) is 10.8. The highest BCUT2D eigenvalue weighted by molar-refractivity contribution is 7.89. The molecular weight excluding hydrogens is 566 g/mol. The molecule has 1 amide bonds. The summed E-state index contributed by atoms with van der Waals surface area (Å²) in [6.07, 6.45) is 4.84. The summed E-state index contributed by atoms with van der Waals surface area (Å²) in [6.45, 7) is 6.66. The number of likely N-dealkylation sites (tertiary alicyclic amines) is 1. The van der Waals surface area contributed by atoms with Crippen molar-refractivity contribution in [3.63, 3.8) is 0 Å². The first kappa shape index (κ1) is 30.3. The van der Waals surface area contributed by atoms with E-state index in [-0.39, 0.29) is 22.9 Å². The molecule has 10 nitrogen and oxygen atoms in total. The lowest BCUT2D eigenvalue weighted by atomic mass is 10.0. The number of hydrogen-bond donors (Lipinski definition) is 2. The van der Waals surface area contributed by atoms with Gasteiger partial charge in [-0.2, -0.15) is 0 Å². The van der Waals surface area contributed by atoms with Crippen LogP contribution in [0, 0.1) is 0 Å². The van der Waals surface area contributed by atoms with Gasteiger partial charge in [0.25, 0.3) is 5.91 Å². The Labute approximate surface area is 252 Å². The average Bonchev–Trinajstić information content (AvgIpc) is 3.48. The van der Waals surface area contributed by atoms with E-state index in [4.69, 9.17) is 20.5 Å². The van der Waals surface area contributed by atoms with Crippen molar-refractivity contribution in [1.82, 2.24) is 9.88 Å². The maximum atomic E-state index is 14.6. The number of sulfonamides is 1. The van der Waals surface area contributed by atoms with E-state index in [0.29, 0.717) is 47.9 Å². The summed E-state index contributed by atoms with van der Waals surface area (Å²) in [5.41, 5.74) is 1.98. The van der Waals surface area contributed by atoms with E-state index in [9.17, 15) is 13.2 Å². The number of aromatic nitrogens is 1. The Hall–Kier alpha value is -4.19. The molecule has 5 rings (SSSR count). The summed E-state index contributed by atoms with van der Waals surface area (Å²) in [7, 11) is -3.90. The molecule has 2 unspecified atom stereocenters. The Kier molecular flexibility index (Phi) is 8.86. The Morgan fingerprint density at radius 1 is 1.07 bits per heavy atom. The number of hydrazine groups is 1. The van der Waals surface area contributed by atoms with Gasteiger partial charge in [-0.1, -0.05) is 24.3 Å². The number of hydrogen-bond acceptors (Lipinski definition) is 8. The van der Waals surface area contributed by atoms with Gasteiger partial charge in [-0.25, -0.2) is 19.4 Å². The lowest BCUT2D eigenvalue weighted by Gasteiger charge is -2.35. The molecule has 2 heterocycles. The number of carbonyl (C=O) groups is 1. The van der Waals surface area contributed by atoms with Gasteiger partial charge in [0.05, 0.1) is 29.3 Å². The molecule has 0 aliphatic carbocycles. The number of nitrogens with zero attached hydrogens (tertiary/aromatic N) is 3. The summed E-state index contributed by atoms with van der Waals surface area (Å²) < 4.78 is 36.0. The van der Waals surface area contributed by atoms with Gasteiger partial charge >= 0.3 is 0 Å². The first-order valence-electron chi connectivity index (χ1n) is 14.3. The third-order valence-corrected chi connectivity index (χ3v) is 8.40. The zero-order valence-electron chi connectivity index (χ0n) is 24.5. The molecule has 43 heavy (non-hydrogen) atoms. The number of ether oxygens (including phenoxy) is 2. The Balaban J connectivity index is 1.58. The predicted molar refractivity (Wildman–Crippen MR) is 166 cm³/mol. The molecule has 2 atom stereocenters. The van der Waals surface area contributed by atoms with Crippen LogP contribution in [0.15, 0.2) is 84.0 Å². The first-order valence-corrected chi connectivity index (χ1v) is 15.9. The van der Waals surface area contributed by atoms with E-state index in [1.54, 1.807) is 41.6 Å². The molecular formula is C32H37N5O5S. The summed E-state index contributed by atoms with van der Waals surface area (Å²) in [5.74, 6) is 7.71. The van der Waals surface area contributed by atoms with Gasteiger partial charge in [0.1, 0.15) is 6.04 Å². The van der Waals surface area contributed by atoms with Gasteiger partial charge in [0.2, 0.25) is 10.0 Å². The number of carbonyl (C=O) groups excluding carboxylic acids is 1. The molecule has 0 spiro atoms. The molecule has 11 heteroatoms. The van der Waals surface area contributed by atoms with E-state index in [1.807, 2.05) is 57.2 Å². The number of benzene rings is 3. The van der Waals surface area contributed by atoms with Crippen molar-refractivity contribution in [3.05, 3.63) is 90.3 Å². The summed E-state index contributed by atoms with van der Waals surface area (Å²) in [5, 5.41) is 8.77. The molecule has 1 saturated heterocycles. The smallest absolute Gasteiger partial charge is 0.251 e. The van der Waals surface area contributed by atoms with Crippen molar-refractivity contribution in [2.45, 2.75) is 56.7 Å². The minimum Gasteiger partial charge on any atom is -0.490 e. The average molecular weight is 604 g/mol. The zero-order valence-corrected chi connectivity index (χ0v) is 25.3. The number of pyridine rings is 1. The number of fused-ring (bicyclic) bond motifs is 1. The minimum absolute atomic E-state index is 0.00838. The molecule has 1 aliphatic rings. The van der Waals surface area contributed by atoms with Crippen molar-refractivity contribution >= 4 is 32.4 Å². The van der Waals surface area contributed by atoms with Crippen molar-refractivity contribution in [2.75, 3.05) is 18.2 Å². The largest absolute Gasteiger partial charge is 0.490 e. The molecule has 1 fully saturated rings. The van der Waals surface area contributed by atoms with Crippen molar-refractivity contribution in [3.8, 4) is 11.5 Å². The molecule has 1 aromatic heterocycles. The highest BCUT2D eigenvalue weighted by Gasteiger charge is 2.38. The fourth-order valence-electron chi connectivity index (χ4n) is 5.55. The second-order valence-corrected chi connectivity index (χ2v) is 12.4. The van der Waals surface area contributed by atoms with Crippen LogP contribution < -0.4 is 25.5 Å². The Morgan fingerprint density at radius 3 is 2.63 bits per heavy atom. The molecule has 4 N–H and O–H groups in total. The number of primary sulfonamides is 1. The summed E-state index contributed by atoms with van der Waals surface area (Å²) >= 11 is 0. The van der Waals surface area contributed by atoms with Crippen molar-refractivity contribution in [1.29, 1.82) is 0 Å². The monoisotopic (exact) mass is 603 g/mol. The minimum atomic E-state index is -3.90. The van der Waals surface area contributed by atoms with Gasteiger partial charge in [-0.3, -0.25) is 14.8 Å². The quantitative estimate of drug-likeness (QED) is 0.194. The maximum Gasteiger partial charge on any atom is 0.251 e. The van der Waals surface area contributed by atoms with Crippen LogP contribution in [-0.2, 0) is 14.8 Å². The number of amides is 1. The topological polar surface area (TPSA) is 141 Å². The summed E-state index contributed by atoms with van der Waals surface area (Å²) in [6, 6.07) is 18.2. The van der Waals surface area contributed by atoms with Crippen LogP contribution in [0.25, 0.3) is 10.8 Å². The highest BCUT2D eigenvalue weighted by atomic mass is 32.2. The number of nitrogens with two attached hydrogens (primary N) is 2. The first-order chi connectivity index (χ1) is 20.6. The fourth-order valence-corrected chi connectivity index (χ4v) is 6.12. The number of rotatable bonds is 10.